The van der Waals surface area contributed by atoms with E-state index in [4.69, 9.17) is 0 Å². The summed E-state index contributed by atoms with van der Waals surface area (Å²) in [5.41, 5.74) is 2.30. The number of hydrogen-bond donors (Lipinski definition) is 0. The molecule has 1 fully saturated rings. The second-order valence-corrected chi connectivity index (χ2v) is 6.87. The molecule has 1 aliphatic rings. The molecule has 3 aromatic rings. The van der Waals surface area contributed by atoms with Crippen LogP contribution in [0.5, 0.6) is 0 Å². The molecular formula is C18H18FN3S. The monoisotopic (exact) mass is 327 g/mol. The highest BCUT2D eigenvalue weighted by Gasteiger charge is 2.27. The minimum absolute atomic E-state index is 0.425. The van der Waals surface area contributed by atoms with Crippen LogP contribution < -0.4 is 9.80 Å². The van der Waals surface area contributed by atoms with E-state index in [1.807, 2.05) is 6.07 Å². The van der Waals surface area contributed by atoms with Gasteiger partial charge in [-0.2, -0.15) is 4.39 Å². The standard InChI is InChI=1S/C18H18FN3S/c1-21(16-12-23-17-5-3-2-4-15(16)17)14-8-9-22(11-14)13-6-7-18(19)20-10-13/h2-7,10,12,14H,8-9,11H2,1H3. The van der Waals surface area contributed by atoms with E-state index in [0.717, 1.165) is 25.2 Å². The topological polar surface area (TPSA) is 19.4 Å². The quantitative estimate of drug-likeness (QED) is 0.674. The summed E-state index contributed by atoms with van der Waals surface area (Å²) >= 11 is 1.79. The molecule has 1 aliphatic heterocycles. The van der Waals surface area contributed by atoms with Crippen LogP contribution in [-0.2, 0) is 0 Å². The molecule has 1 atom stereocenters. The van der Waals surface area contributed by atoms with Crippen molar-refractivity contribution >= 4 is 32.8 Å². The van der Waals surface area contributed by atoms with Crippen LogP contribution in [-0.4, -0.2) is 31.2 Å². The number of anilines is 2. The van der Waals surface area contributed by atoms with Gasteiger partial charge in [-0.05, 0) is 24.6 Å². The van der Waals surface area contributed by atoms with Gasteiger partial charge in [0, 0.05) is 41.6 Å². The van der Waals surface area contributed by atoms with Gasteiger partial charge in [0.15, 0.2) is 0 Å². The lowest BCUT2D eigenvalue weighted by molar-refractivity contribution is 0.583. The predicted octanol–water partition coefficient (Wildman–Crippen LogP) is 4.15. The van der Waals surface area contributed by atoms with E-state index in [1.54, 1.807) is 17.5 Å². The maximum atomic E-state index is 13.0. The van der Waals surface area contributed by atoms with Crippen LogP contribution in [0.25, 0.3) is 10.1 Å². The van der Waals surface area contributed by atoms with Gasteiger partial charge in [-0.25, -0.2) is 4.98 Å². The molecule has 3 heterocycles. The normalized spacial score (nSPS) is 17.8. The summed E-state index contributed by atoms with van der Waals surface area (Å²) in [4.78, 5) is 8.43. The molecule has 2 aromatic heterocycles. The number of halogens is 1. The van der Waals surface area contributed by atoms with Crippen molar-refractivity contribution in [3.8, 4) is 0 Å². The molecule has 1 saturated heterocycles. The number of likely N-dealkylation sites (N-methyl/N-ethyl adjacent to an activating group) is 1. The third-order valence-electron chi connectivity index (χ3n) is 4.63. The Hall–Kier alpha value is -2.14. The minimum Gasteiger partial charge on any atom is -0.369 e. The Morgan fingerprint density at radius 3 is 2.96 bits per heavy atom. The maximum absolute atomic E-state index is 13.0. The zero-order chi connectivity index (χ0) is 15.8. The third-order valence-corrected chi connectivity index (χ3v) is 5.58. The molecule has 4 rings (SSSR count). The molecule has 0 amide bonds. The molecule has 118 valence electrons. The summed E-state index contributed by atoms with van der Waals surface area (Å²) < 4.78 is 14.3. The summed E-state index contributed by atoms with van der Waals surface area (Å²) in [6.07, 6.45) is 2.72. The zero-order valence-electron chi connectivity index (χ0n) is 12.9. The molecule has 0 radical (unpaired) electrons. The van der Waals surface area contributed by atoms with Crippen molar-refractivity contribution in [3.63, 3.8) is 0 Å². The Morgan fingerprint density at radius 1 is 1.26 bits per heavy atom. The molecule has 0 aliphatic carbocycles. The van der Waals surface area contributed by atoms with E-state index in [1.165, 1.54) is 21.8 Å². The average Bonchev–Trinajstić information content (AvgIpc) is 3.22. The van der Waals surface area contributed by atoms with Crippen LogP contribution in [0.3, 0.4) is 0 Å². The average molecular weight is 327 g/mol. The molecule has 0 spiro atoms. The number of thiophene rings is 1. The second-order valence-electron chi connectivity index (χ2n) is 5.96. The van der Waals surface area contributed by atoms with Crippen molar-refractivity contribution in [1.29, 1.82) is 0 Å². The van der Waals surface area contributed by atoms with Gasteiger partial charge in [0.2, 0.25) is 5.95 Å². The van der Waals surface area contributed by atoms with Crippen molar-refractivity contribution in [2.75, 3.05) is 29.9 Å². The van der Waals surface area contributed by atoms with Crippen LogP contribution in [0.2, 0.25) is 0 Å². The molecule has 0 saturated carbocycles. The lowest BCUT2D eigenvalue weighted by Crippen LogP contribution is -2.34. The van der Waals surface area contributed by atoms with Gasteiger partial charge in [0.05, 0.1) is 17.6 Å². The van der Waals surface area contributed by atoms with Crippen molar-refractivity contribution in [3.05, 3.63) is 53.9 Å². The summed E-state index contributed by atoms with van der Waals surface area (Å²) in [5, 5.41) is 3.56. The Bertz CT molecular complexity index is 815. The van der Waals surface area contributed by atoms with Gasteiger partial charge in [-0.1, -0.05) is 18.2 Å². The molecule has 5 heteroatoms. The summed E-state index contributed by atoms with van der Waals surface area (Å²) in [6, 6.07) is 12.2. The van der Waals surface area contributed by atoms with Crippen LogP contribution >= 0.6 is 11.3 Å². The number of benzene rings is 1. The fourth-order valence-electron chi connectivity index (χ4n) is 3.28. The first-order valence-corrected chi connectivity index (χ1v) is 8.66. The van der Waals surface area contributed by atoms with Crippen molar-refractivity contribution in [2.45, 2.75) is 12.5 Å². The van der Waals surface area contributed by atoms with E-state index in [-0.39, 0.29) is 0 Å². The van der Waals surface area contributed by atoms with Gasteiger partial charge in [-0.15, -0.1) is 11.3 Å². The van der Waals surface area contributed by atoms with Gasteiger partial charge in [0.25, 0.3) is 0 Å². The lowest BCUT2D eigenvalue weighted by atomic mass is 10.2. The lowest BCUT2D eigenvalue weighted by Gasteiger charge is -2.27. The highest BCUT2D eigenvalue weighted by molar-refractivity contribution is 7.17. The highest BCUT2D eigenvalue weighted by Crippen LogP contribution is 2.34. The Balaban J connectivity index is 1.54. The first kappa shape index (κ1) is 14.5. The fourth-order valence-corrected chi connectivity index (χ4v) is 4.27. The van der Waals surface area contributed by atoms with Crippen molar-refractivity contribution < 1.29 is 4.39 Å². The number of rotatable bonds is 3. The van der Waals surface area contributed by atoms with E-state index >= 15 is 0 Å². The first-order chi connectivity index (χ1) is 11.2. The van der Waals surface area contributed by atoms with Crippen LogP contribution in [0.1, 0.15) is 6.42 Å². The summed E-state index contributed by atoms with van der Waals surface area (Å²) in [5.74, 6) is -0.425. The Kier molecular flexibility index (Phi) is 3.65. The molecular weight excluding hydrogens is 309 g/mol. The maximum Gasteiger partial charge on any atom is 0.212 e. The Labute approximate surface area is 139 Å². The SMILES string of the molecule is CN(c1csc2ccccc12)C1CCN(c2ccc(F)nc2)C1. The number of aromatic nitrogens is 1. The fraction of sp³-hybridized carbons (Fsp3) is 0.278. The van der Waals surface area contributed by atoms with Crippen molar-refractivity contribution in [1.82, 2.24) is 4.98 Å². The second kappa shape index (κ2) is 5.81. The smallest absolute Gasteiger partial charge is 0.212 e. The summed E-state index contributed by atoms with van der Waals surface area (Å²) in [6.45, 7) is 1.92. The molecule has 23 heavy (non-hydrogen) atoms. The first-order valence-electron chi connectivity index (χ1n) is 7.78. The third kappa shape index (κ3) is 2.65. The molecule has 0 bridgehead atoms. The molecule has 0 N–H and O–H groups in total. The summed E-state index contributed by atoms with van der Waals surface area (Å²) in [7, 11) is 2.17. The number of pyridine rings is 1. The predicted molar refractivity (Wildman–Crippen MR) is 95.0 cm³/mol. The van der Waals surface area contributed by atoms with Gasteiger partial charge < -0.3 is 9.80 Å². The number of hydrogen-bond acceptors (Lipinski definition) is 4. The highest BCUT2D eigenvalue weighted by atomic mass is 32.1. The van der Waals surface area contributed by atoms with Gasteiger partial charge >= 0.3 is 0 Å². The van der Waals surface area contributed by atoms with E-state index in [2.05, 4.69) is 51.5 Å². The Morgan fingerprint density at radius 2 is 2.13 bits per heavy atom. The van der Waals surface area contributed by atoms with E-state index < -0.39 is 5.95 Å². The van der Waals surface area contributed by atoms with Crippen LogP contribution in [0.4, 0.5) is 15.8 Å². The zero-order valence-corrected chi connectivity index (χ0v) is 13.8. The molecule has 1 aromatic carbocycles. The largest absolute Gasteiger partial charge is 0.369 e. The van der Waals surface area contributed by atoms with Gasteiger partial charge in [-0.3, -0.25) is 0 Å². The molecule has 3 nitrogen and oxygen atoms in total. The van der Waals surface area contributed by atoms with Crippen molar-refractivity contribution in [2.24, 2.45) is 0 Å². The van der Waals surface area contributed by atoms with E-state index in [9.17, 15) is 4.39 Å². The van der Waals surface area contributed by atoms with Crippen LogP contribution in [0.15, 0.2) is 48.0 Å². The van der Waals surface area contributed by atoms with E-state index in [0.29, 0.717) is 6.04 Å². The van der Waals surface area contributed by atoms with Crippen LogP contribution in [0, 0.1) is 5.95 Å². The van der Waals surface area contributed by atoms with Gasteiger partial charge in [0.1, 0.15) is 0 Å². The molecule has 1 unspecified atom stereocenters. The number of fused-ring (bicyclic) bond motifs is 1. The minimum atomic E-state index is -0.425. The number of nitrogens with zero attached hydrogens (tertiary/aromatic N) is 3.